The molecule has 2 heterocycles. The van der Waals surface area contributed by atoms with Crippen LogP contribution in [0.25, 0.3) is 11.2 Å². The van der Waals surface area contributed by atoms with E-state index in [1.807, 2.05) is 30.3 Å². The predicted molar refractivity (Wildman–Crippen MR) is 81.4 cm³/mol. The summed E-state index contributed by atoms with van der Waals surface area (Å²) in [6.07, 6.45) is 2.30. The highest BCUT2D eigenvalue weighted by Crippen LogP contribution is 2.08. The fraction of sp³-hybridized carbons (Fsp3) is 0.188. The lowest BCUT2D eigenvalue weighted by atomic mass is 10.1. The van der Waals surface area contributed by atoms with E-state index in [4.69, 9.17) is 4.42 Å². The average molecular weight is 297 g/mol. The average Bonchev–Trinajstić information content (AvgIpc) is 2.84. The van der Waals surface area contributed by atoms with Gasteiger partial charge >= 0.3 is 5.76 Å². The minimum Gasteiger partial charge on any atom is -0.406 e. The topological polar surface area (TPSA) is 77.1 Å². The minimum atomic E-state index is -0.577. The molecule has 0 atom stereocenters. The van der Waals surface area contributed by atoms with E-state index in [0.29, 0.717) is 17.8 Å². The van der Waals surface area contributed by atoms with Crippen LogP contribution in [0.4, 0.5) is 0 Å². The lowest BCUT2D eigenvalue weighted by Gasteiger charge is -2.05. The second-order valence-electron chi connectivity index (χ2n) is 4.86. The van der Waals surface area contributed by atoms with Crippen molar-refractivity contribution in [2.45, 2.75) is 13.0 Å². The van der Waals surface area contributed by atoms with Crippen molar-refractivity contribution in [3.63, 3.8) is 0 Å². The van der Waals surface area contributed by atoms with Gasteiger partial charge in [-0.3, -0.25) is 4.79 Å². The molecule has 0 aliphatic rings. The first-order chi connectivity index (χ1) is 10.7. The van der Waals surface area contributed by atoms with Crippen molar-refractivity contribution in [2.75, 3.05) is 6.54 Å². The third-order valence-corrected chi connectivity index (χ3v) is 3.30. The summed E-state index contributed by atoms with van der Waals surface area (Å²) >= 11 is 0. The molecule has 0 saturated carbocycles. The van der Waals surface area contributed by atoms with Gasteiger partial charge in [0, 0.05) is 12.7 Å². The predicted octanol–water partition coefficient (Wildman–Crippen LogP) is 1.35. The standard InChI is InChI=1S/C16H15N3O3/c20-14(17-10-8-12-5-2-1-3-6-12)11-19-15-13(22-16(19)21)7-4-9-18-15/h1-7,9H,8,10-11H2,(H,17,20). The number of hydrogen-bond donors (Lipinski definition) is 1. The van der Waals surface area contributed by atoms with Gasteiger partial charge in [0.2, 0.25) is 5.91 Å². The number of pyridine rings is 1. The number of hydrogen-bond acceptors (Lipinski definition) is 4. The quantitative estimate of drug-likeness (QED) is 0.771. The van der Waals surface area contributed by atoms with Crippen LogP contribution >= 0.6 is 0 Å². The van der Waals surface area contributed by atoms with E-state index in [9.17, 15) is 9.59 Å². The fourth-order valence-corrected chi connectivity index (χ4v) is 2.23. The highest BCUT2D eigenvalue weighted by atomic mass is 16.4. The van der Waals surface area contributed by atoms with Crippen LogP contribution in [0.5, 0.6) is 0 Å². The molecule has 22 heavy (non-hydrogen) atoms. The summed E-state index contributed by atoms with van der Waals surface area (Å²) in [5.74, 6) is -0.821. The van der Waals surface area contributed by atoms with Crippen LogP contribution in [0.3, 0.4) is 0 Å². The lowest BCUT2D eigenvalue weighted by Crippen LogP contribution is -2.32. The molecule has 6 heteroatoms. The highest BCUT2D eigenvalue weighted by Gasteiger charge is 2.12. The Labute approximate surface area is 126 Å². The molecule has 0 aliphatic heterocycles. The summed E-state index contributed by atoms with van der Waals surface area (Å²) in [6, 6.07) is 13.2. The number of aromatic nitrogens is 2. The van der Waals surface area contributed by atoms with E-state index in [1.54, 1.807) is 18.3 Å². The maximum atomic E-state index is 12.0. The Hall–Kier alpha value is -2.89. The van der Waals surface area contributed by atoms with Crippen molar-refractivity contribution < 1.29 is 9.21 Å². The first kappa shape index (κ1) is 14.1. The molecule has 3 aromatic rings. The van der Waals surface area contributed by atoms with Gasteiger partial charge in [-0.25, -0.2) is 14.3 Å². The van der Waals surface area contributed by atoms with Gasteiger partial charge in [0.25, 0.3) is 0 Å². The van der Waals surface area contributed by atoms with E-state index >= 15 is 0 Å². The zero-order chi connectivity index (χ0) is 15.4. The second kappa shape index (κ2) is 6.26. The van der Waals surface area contributed by atoms with E-state index in [-0.39, 0.29) is 12.5 Å². The maximum Gasteiger partial charge on any atom is 0.421 e. The molecule has 2 aromatic heterocycles. The lowest BCUT2D eigenvalue weighted by molar-refractivity contribution is -0.121. The largest absolute Gasteiger partial charge is 0.421 e. The zero-order valence-corrected chi connectivity index (χ0v) is 11.9. The fourth-order valence-electron chi connectivity index (χ4n) is 2.23. The van der Waals surface area contributed by atoms with Crippen LogP contribution in [0, 0.1) is 0 Å². The van der Waals surface area contributed by atoms with Gasteiger partial charge in [-0.1, -0.05) is 30.3 Å². The van der Waals surface area contributed by atoms with Gasteiger partial charge in [-0.2, -0.15) is 0 Å². The van der Waals surface area contributed by atoms with E-state index in [2.05, 4.69) is 10.3 Å². The van der Waals surface area contributed by atoms with Crippen LogP contribution in [0.1, 0.15) is 5.56 Å². The van der Waals surface area contributed by atoms with Crippen molar-refractivity contribution >= 4 is 17.1 Å². The van der Waals surface area contributed by atoms with Crippen molar-refractivity contribution in [3.05, 3.63) is 64.8 Å². The Balaban J connectivity index is 1.61. The molecule has 112 valence electrons. The van der Waals surface area contributed by atoms with Gasteiger partial charge in [0.05, 0.1) is 0 Å². The number of carbonyl (C=O) groups excluding carboxylic acids is 1. The van der Waals surface area contributed by atoms with Crippen molar-refractivity contribution in [1.29, 1.82) is 0 Å². The van der Waals surface area contributed by atoms with Gasteiger partial charge < -0.3 is 9.73 Å². The van der Waals surface area contributed by atoms with Gasteiger partial charge in [0.15, 0.2) is 11.2 Å². The summed E-state index contributed by atoms with van der Waals surface area (Å²) in [5.41, 5.74) is 1.91. The zero-order valence-electron chi connectivity index (χ0n) is 11.9. The molecule has 0 aliphatic carbocycles. The van der Waals surface area contributed by atoms with Crippen LogP contribution in [-0.4, -0.2) is 22.0 Å². The number of rotatable bonds is 5. The molecule has 3 rings (SSSR count). The van der Waals surface area contributed by atoms with E-state index < -0.39 is 5.76 Å². The maximum absolute atomic E-state index is 12.0. The smallest absolute Gasteiger partial charge is 0.406 e. The molecule has 1 N–H and O–H groups in total. The minimum absolute atomic E-state index is 0.0996. The van der Waals surface area contributed by atoms with E-state index in [1.165, 1.54) is 4.57 Å². The second-order valence-corrected chi connectivity index (χ2v) is 4.86. The number of fused-ring (bicyclic) bond motifs is 1. The first-order valence-electron chi connectivity index (χ1n) is 6.99. The molecule has 0 fully saturated rings. The van der Waals surface area contributed by atoms with Gasteiger partial charge in [-0.05, 0) is 24.1 Å². The Morgan fingerprint density at radius 3 is 2.82 bits per heavy atom. The third kappa shape index (κ3) is 3.06. The Bertz CT molecular complexity index is 836. The molecular weight excluding hydrogens is 282 g/mol. The number of amides is 1. The summed E-state index contributed by atoms with van der Waals surface area (Å²) in [5, 5.41) is 2.79. The summed E-state index contributed by atoms with van der Waals surface area (Å²) in [6.45, 7) is 0.415. The summed E-state index contributed by atoms with van der Waals surface area (Å²) in [7, 11) is 0. The molecule has 0 radical (unpaired) electrons. The SMILES string of the molecule is O=C(Cn1c(=O)oc2cccnc21)NCCc1ccccc1. The summed E-state index contributed by atoms with van der Waals surface area (Å²) in [4.78, 5) is 27.8. The highest BCUT2D eigenvalue weighted by molar-refractivity contribution is 5.78. The normalized spacial score (nSPS) is 10.7. The van der Waals surface area contributed by atoms with Crippen LogP contribution in [0.15, 0.2) is 57.9 Å². The molecule has 0 spiro atoms. The Morgan fingerprint density at radius 2 is 2.00 bits per heavy atom. The van der Waals surface area contributed by atoms with Crippen molar-refractivity contribution in [2.24, 2.45) is 0 Å². The van der Waals surface area contributed by atoms with Crippen LogP contribution in [0.2, 0.25) is 0 Å². The number of nitrogens with one attached hydrogen (secondary N) is 1. The molecule has 0 unspecified atom stereocenters. The molecule has 0 saturated heterocycles. The molecule has 0 bridgehead atoms. The molecule has 6 nitrogen and oxygen atoms in total. The summed E-state index contributed by atoms with van der Waals surface area (Å²) < 4.78 is 6.27. The monoisotopic (exact) mass is 297 g/mol. The molecule has 1 aromatic carbocycles. The number of benzene rings is 1. The van der Waals surface area contributed by atoms with Crippen LogP contribution in [-0.2, 0) is 17.8 Å². The van der Waals surface area contributed by atoms with Crippen LogP contribution < -0.4 is 11.1 Å². The van der Waals surface area contributed by atoms with Gasteiger partial charge in [0.1, 0.15) is 6.54 Å². The molecule has 1 amide bonds. The van der Waals surface area contributed by atoms with Crippen molar-refractivity contribution in [3.8, 4) is 0 Å². The first-order valence-corrected chi connectivity index (χ1v) is 6.99. The molecular formula is C16H15N3O3. The Morgan fingerprint density at radius 1 is 1.18 bits per heavy atom. The van der Waals surface area contributed by atoms with Crippen molar-refractivity contribution in [1.82, 2.24) is 14.9 Å². The third-order valence-electron chi connectivity index (χ3n) is 3.30. The van der Waals surface area contributed by atoms with E-state index in [0.717, 1.165) is 12.0 Å². The number of carbonyl (C=O) groups is 1. The number of oxazole rings is 1. The number of nitrogens with zero attached hydrogens (tertiary/aromatic N) is 2. The van der Waals surface area contributed by atoms with Gasteiger partial charge in [-0.15, -0.1) is 0 Å². The Kier molecular flexibility index (Phi) is 4.00.